The van der Waals surface area contributed by atoms with Crippen molar-refractivity contribution in [1.82, 2.24) is 0 Å². The molecule has 0 radical (unpaired) electrons. The van der Waals surface area contributed by atoms with E-state index in [1.807, 2.05) is 0 Å². The van der Waals surface area contributed by atoms with Gasteiger partial charge in [-0.3, -0.25) is 0 Å². The van der Waals surface area contributed by atoms with Crippen molar-refractivity contribution in [2.45, 2.75) is 64.2 Å². The first-order valence-electron chi connectivity index (χ1n) is 7.24. The number of aryl methyl sites for hydroxylation is 1. The van der Waals surface area contributed by atoms with Crippen molar-refractivity contribution in [2.24, 2.45) is 5.92 Å². The van der Waals surface area contributed by atoms with Gasteiger partial charge >= 0.3 is 0 Å². The lowest BCUT2D eigenvalue weighted by Gasteiger charge is -2.45. The van der Waals surface area contributed by atoms with Gasteiger partial charge in [-0.2, -0.15) is 0 Å². The zero-order valence-corrected chi connectivity index (χ0v) is 11.4. The third kappa shape index (κ3) is 1.64. The monoisotopic (exact) mass is 228 g/mol. The second-order valence-corrected chi connectivity index (χ2v) is 6.68. The predicted molar refractivity (Wildman–Crippen MR) is 73.5 cm³/mol. The minimum absolute atomic E-state index is 0.496. The van der Waals surface area contributed by atoms with Crippen LogP contribution in [-0.2, 0) is 11.8 Å². The Labute approximate surface area is 105 Å². The molecule has 0 saturated heterocycles. The summed E-state index contributed by atoms with van der Waals surface area (Å²) < 4.78 is 0. The first-order valence-corrected chi connectivity index (χ1v) is 7.24. The van der Waals surface area contributed by atoms with Gasteiger partial charge in [0.25, 0.3) is 0 Å². The Kier molecular flexibility index (Phi) is 2.57. The second-order valence-electron chi connectivity index (χ2n) is 6.68. The van der Waals surface area contributed by atoms with E-state index in [9.17, 15) is 0 Å². The molecule has 0 heterocycles. The number of benzene rings is 1. The van der Waals surface area contributed by atoms with Crippen LogP contribution in [0.4, 0.5) is 0 Å². The smallest absolute Gasteiger partial charge is 0.00694 e. The van der Waals surface area contributed by atoms with E-state index < -0.39 is 0 Å². The molecular weight excluding hydrogens is 204 g/mol. The highest BCUT2D eigenvalue weighted by molar-refractivity contribution is 5.46. The number of rotatable bonds is 1. The lowest BCUT2D eigenvalue weighted by Crippen LogP contribution is -2.34. The van der Waals surface area contributed by atoms with Crippen LogP contribution in [0.5, 0.6) is 0 Å². The summed E-state index contributed by atoms with van der Waals surface area (Å²) in [6.07, 6.45) is 6.90. The van der Waals surface area contributed by atoms with Gasteiger partial charge in [-0.25, -0.2) is 0 Å². The molecule has 0 bridgehead atoms. The van der Waals surface area contributed by atoms with Crippen LogP contribution in [0, 0.1) is 5.92 Å². The molecule has 17 heavy (non-hydrogen) atoms. The third-order valence-corrected chi connectivity index (χ3v) is 5.17. The van der Waals surface area contributed by atoms with Crippen LogP contribution in [0.3, 0.4) is 0 Å². The van der Waals surface area contributed by atoms with Gasteiger partial charge < -0.3 is 0 Å². The van der Waals surface area contributed by atoms with Gasteiger partial charge in [-0.1, -0.05) is 39.0 Å². The molecule has 0 N–H and O–H groups in total. The second kappa shape index (κ2) is 3.86. The fourth-order valence-electron chi connectivity index (χ4n) is 4.24. The van der Waals surface area contributed by atoms with E-state index in [1.165, 1.54) is 32.1 Å². The van der Waals surface area contributed by atoms with Crippen LogP contribution < -0.4 is 0 Å². The Hall–Kier alpha value is -0.780. The maximum Gasteiger partial charge on any atom is -0.00694 e. The van der Waals surface area contributed by atoms with Gasteiger partial charge in [0.15, 0.2) is 0 Å². The normalized spacial score (nSPS) is 31.4. The van der Waals surface area contributed by atoms with Crippen LogP contribution in [-0.4, -0.2) is 0 Å². The van der Waals surface area contributed by atoms with Crippen LogP contribution in [0.2, 0.25) is 0 Å². The van der Waals surface area contributed by atoms with E-state index in [4.69, 9.17) is 0 Å². The molecule has 3 rings (SSSR count). The fraction of sp³-hybridized carbons (Fsp3) is 0.647. The summed E-state index contributed by atoms with van der Waals surface area (Å²) in [6.45, 7) is 7.27. The minimum Gasteiger partial charge on any atom is -0.0622 e. The molecule has 2 atom stereocenters. The molecule has 0 amide bonds. The van der Waals surface area contributed by atoms with E-state index in [-0.39, 0.29) is 0 Å². The highest BCUT2D eigenvalue weighted by atomic mass is 14.4. The summed E-state index contributed by atoms with van der Waals surface area (Å²) in [5, 5.41) is 0. The largest absolute Gasteiger partial charge is 0.0622 e. The molecule has 1 aromatic carbocycles. The minimum atomic E-state index is 0.496. The van der Waals surface area contributed by atoms with Crippen molar-refractivity contribution in [3.63, 3.8) is 0 Å². The summed E-state index contributed by atoms with van der Waals surface area (Å²) in [4.78, 5) is 0. The first kappa shape index (κ1) is 11.3. The Bertz CT molecular complexity index is 430. The molecular formula is C17H24. The summed E-state index contributed by atoms with van der Waals surface area (Å²) >= 11 is 0. The lowest BCUT2D eigenvalue weighted by atomic mass is 9.60. The van der Waals surface area contributed by atoms with Crippen LogP contribution in [0.1, 0.15) is 69.1 Å². The number of hydrogen-bond donors (Lipinski definition) is 0. The van der Waals surface area contributed by atoms with Crippen molar-refractivity contribution in [1.29, 1.82) is 0 Å². The topological polar surface area (TPSA) is 0 Å². The van der Waals surface area contributed by atoms with Crippen molar-refractivity contribution in [2.75, 3.05) is 0 Å². The number of hydrogen-bond acceptors (Lipinski definition) is 0. The molecule has 0 fully saturated rings. The molecule has 0 heteroatoms. The summed E-state index contributed by atoms with van der Waals surface area (Å²) in [6, 6.07) is 7.08. The Morgan fingerprint density at radius 3 is 2.82 bits per heavy atom. The van der Waals surface area contributed by atoms with Crippen molar-refractivity contribution in [3.05, 3.63) is 34.9 Å². The molecule has 2 aliphatic carbocycles. The molecule has 0 saturated carbocycles. The fourth-order valence-corrected chi connectivity index (χ4v) is 4.24. The lowest BCUT2D eigenvalue weighted by molar-refractivity contribution is 0.291. The van der Waals surface area contributed by atoms with Gasteiger partial charge in [0, 0.05) is 0 Å². The third-order valence-electron chi connectivity index (χ3n) is 5.17. The van der Waals surface area contributed by atoms with E-state index in [2.05, 4.69) is 39.0 Å². The Balaban J connectivity index is 2.18. The van der Waals surface area contributed by atoms with Crippen LogP contribution >= 0.6 is 0 Å². The quantitative estimate of drug-likeness (QED) is 0.647. The maximum atomic E-state index is 2.50. The zero-order valence-electron chi connectivity index (χ0n) is 11.4. The Morgan fingerprint density at radius 1 is 1.24 bits per heavy atom. The molecule has 92 valence electrons. The predicted octanol–water partition coefficient (Wildman–Crippen LogP) is 4.81. The molecule has 0 spiro atoms. The van der Waals surface area contributed by atoms with Gasteiger partial charge in [0.2, 0.25) is 0 Å². The maximum absolute atomic E-state index is 2.50. The van der Waals surface area contributed by atoms with Gasteiger partial charge in [-0.15, -0.1) is 0 Å². The van der Waals surface area contributed by atoms with E-state index in [0.717, 1.165) is 11.8 Å². The average Bonchev–Trinajstić information content (AvgIpc) is 2.29. The van der Waals surface area contributed by atoms with Gasteiger partial charge in [0.05, 0.1) is 0 Å². The molecule has 1 aromatic rings. The van der Waals surface area contributed by atoms with Gasteiger partial charge in [0.1, 0.15) is 0 Å². The molecule has 0 aliphatic heterocycles. The highest BCUT2D eigenvalue weighted by Crippen LogP contribution is 2.51. The van der Waals surface area contributed by atoms with Crippen molar-refractivity contribution < 1.29 is 0 Å². The van der Waals surface area contributed by atoms with E-state index >= 15 is 0 Å². The molecule has 0 aromatic heterocycles. The SMILES string of the molecule is CC(C)[C@@H]1CC[C@@]2(C)CCCc3cccc1c32. The standard InChI is InChI=1S/C17H24/c1-12(2)14-9-11-17(3)10-5-7-13-6-4-8-15(14)16(13)17/h4,6,8,12,14H,5,7,9-11H2,1-3H3/t14-,17+/m0/s1. The van der Waals surface area contributed by atoms with E-state index in [0.29, 0.717) is 5.41 Å². The van der Waals surface area contributed by atoms with Crippen molar-refractivity contribution in [3.8, 4) is 0 Å². The van der Waals surface area contributed by atoms with Crippen LogP contribution in [0.15, 0.2) is 18.2 Å². The molecule has 2 aliphatic rings. The van der Waals surface area contributed by atoms with Gasteiger partial charge in [-0.05, 0) is 66.0 Å². The van der Waals surface area contributed by atoms with Crippen molar-refractivity contribution >= 4 is 0 Å². The average molecular weight is 228 g/mol. The Morgan fingerprint density at radius 2 is 2.06 bits per heavy atom. The zero-order chi connectivity index (χ0) is 12.0. The highest BCUT2D eigenvalue weighted by Gasteiger charge is 2.39. The summed E-state index contributed by atoms with van der Waals surface area (Å²) in [5.41, 5.74) is 5.58. The van der Waals surface area contributed by atoms with Crippen LogP contribution in [0.25, 0.3) is 0 Å². The molecule has 0 unspecified atom stereocenters. The first-order chi connectivity index (χ1) is 8.12. The summed E-state index contributed by atoms with van der Waals surface area (Å²) in [7, 11) is 0. The molecule has 0 nitrogen and oxygen atoms in total. The van der Waals surface area contributed by atoms with E-state index in [1.54, 1.807) is 16.7 Å². The summed E-state index contributed by atoms with van der Waals surface area (Å²) in [5.74, 6) is 1.59.